The Morgan fingerprint density at radius 2 is 1.31 bits per heavy atom. The molecule has 162 valence electrons. The van der Waals surface area contributed by atoms with E-state index in [1.165, 1.54) is 0 Å². The maximum Gasteiger partial charge on any atom is 0.237 e. The molecule has 1 aromatic carbocycles. The van der Waals surface area contributed by atoms with Crippen LogP contribution in [0.5, 0.6) is 0 Å². The molecule has 6 nitrogen and oxygen atoms in total. The Kier molecular flexibility index (Phi) is 9.61. The van der Waals surface area contributed by atoms with Gasteiger partial charge in [0.05, 0.1) is 12.1 Å². The summed E-state index contributed by atoms with van der Waals surface area (Å²) < 4.78 is 0. The third kappa shape index (κ3) is 7.12. The number of benzene rings is 1. The van der Waals surface area contributed by atoms with Crippen molar-refractivity contribution in [2.45, 2.75) is 72.1 Å². The van der Waals surface area contributed by atoms with Crippen LogP contribution in [-0.4, -0.2) is 37.0 Å². The zero-order chi connectivity index (χ0) is 21.2. The third-order valence-electron chi connectivity index (χ3n) is 5.99. The van der Waals surface area contributed by atoms with E-state index >= 15 is 0 Å². The van der Waals surface area contributed by atoms with Gasteiger partial charge >= 0.3 is 0 Å². The molecule has 6 heteroatoms. The van der Waals surface area contributed by atoms with Gasteiger partial charge in [0.25, 0.3) is 0 Å². The summed E-state index contributed by atoms with van der Waals surface area (Å²) in [5.41, 5.74) is 2.28. The van der Waals surface area contributed by atoms with Crippen molar-refractivity contribution in [1.29, 1.82) is 0 Å². The normalized spacial score (nSPS) is 24.3. The molecular weight excluding hydrogens is 364 g/mol. The lowest BCUT2D eigenvalue weighted by atomic mass is 9.97. The summed E-state index contributed by atoms with van der Waals surface area (Å²) in [6, 6.07) is 7.88. The van der Waals surface area contributed by atoms with Crippen LogP contribution in [0.1, 0.15) is 58.1 Å². The second-order valence-corrected chi connectivity index (χ2v) is 8.24. The average molecular weight is 403 g/mol. The Morgan fingerprint density at radius 3 is 1.72 bits per heavy atom. The number of hydrogen-bond acceptors (Lipinski definition) is 4. The van der Waals surface area contributed by atoms with Gasteiger partial charge in [0.2, 0.25) is 11.8 Å². The van der Waals surface area contributed by atoms with Crippen LogP contribution in [0.4, 0.5) is 0 Å². The molecule has 2 bridgehead atoms. The van der Waals surface area contributed by atoms with E-state index in [-0.39, 0.29) is 35.7 Å². The number of nitrogens with one attached hydrogen (secondary N) is 4. The number of carbonyl (C=O) groups excluding carboxylic acids is 2. The van der Waals surface area contributed by atoms with Crippen molar-refractivity contribution < 1.29 is 9.59 Å². The third-order valence-corrected chi connectivity index (χ3v) is 5.99. The van der Waals surface area contributed by atoms with Gasteiger partial charge in [0, 0.05) is 26.2 Å². The van der Waals surface area contributed by atoms with Crippen molar-refractivity contribution in [2.75, 3.05) is 13.1 Å². The van der Waals surface area contributed by atoms with Gasteiger partial charge in [-0.15, -0.1) is 0 Å². The van der Waals surface area contributed by atoms with E-state index in [0.717, 1.165) is 30.4 Å². The molecule has 3 unspecified atom stereocenters. The minimum absolute atomic E-state index is 0.0353. The fraction of sp³-hybridized carbons (Fsp3) is 0.652. The number of carbonyl (C=O) groups is 2. The van der Waals surface area contributed by atoms with Crippen molar-refractivity contribution >= 4 is 11.8 Å². The van der Waals surface area contributed by atoms with Crippen LogP contribution in [-0.2, 0) is 22.7 Å². The Hall–Kier alpha value is -1.92. The lowest BCUT2D eigenvalue weighted by Crippen LogP contribution is -2.49. The van der Waals surface area contributed by atoms with Gasteiger partial charge < -0.3 is 21.3 Å². The molecule has 1 aliphatic rings. The maximum atomic E-state index is 12.7. The van der Waals surface area contributed by atoms with Crippen LogP contribution < -0.4 is 21.3 Å². The van der Waals surface area contributed by atoms with E-state index in [4.69, 9.17) is 0 Å². The summed E-state index contributed by atoms with van der Waals surface area (Å²) in [5.74, 6) is 0.561. The van der Waals surface area contributed by atoms with E-state index in [1.54, 1.807) is 0 Å². The zero-order valence-corrected chi connectivity index (χ0v) is 18.4. The monoisotopic (exact) mass is 402 g/mol. The lowest BCUT2D eigenvalue weighted by Gasteiger charge is -2.25. The molecule has 1 aliphatic heterocycles. The van der Waals surface area contributed by atoms with Gasteiger partial charge in [0.15, 0.2) is 0 Å². The topological polar surface area (TPSA) is 82.3 Å². The van der Waals surface area contributed by atoms with Gasteiger partial charge in [-0.3, -0.25) is 9.59 Å². The lowest BCUT2D eigenvalue weighted by molar-refractivity contribution is -0.124. The van der Waals surface area contributed by atoms with Crippen LogP contribution in [0.2, 0.25) is 0 Å². The molecule has 0 radical (unpaired) electrons. The van der Waals surface area contributed by atoms with Crippen molar-refractivity contribution in [3.05, 3.63) is 35.4 Å². The fourth-order valence-electron chi connectivity index (χ4n) is 3.61. The first kappa shape index (κ1) is 23.4. The van der Waals surface area contributed by atoms with E-state index in [0.29, 0.717) is 26.2 Å². The molecule has 1 heterocycles. The Morgan fingerprint density at radius 1 is 0.862 bits per heavy atom. The first-order valence-electron chi connectivity index (χ1n) is 11.1. The average Bonchev–Trinajstić information content (AvgIpc) is 2.72. The van der Waals surface area contributed by atoms with Crippen LogP contribution >= 0.6 is 0 Å². The first-order valence-corrected chi connectivity index (χ1v) is 11.1. The number of rotatable bonds is 4. The molecule has 0 saturated carbocycles. The summed E-state index contributed by atoms with van der Waals surface area (Å²) in [6.45, 7) is 10.8. The molecule has 1 aromatic rings. The molecule has 2 rings (SSSR count). The molecule has 4 atom stereocenters. The molecule has 0 spiro atoms. The minimum atomic E-state index is -0.223. The van der Waals surface area contributed by atoms with Gasteiger partial charge in [0.1, 0.15) is 0 Å². The second-order valence-electron chi connectivity index (χ2n) is 8.24. The fourth-order valence-corrected chi connectivity index (χ4v) is 3.61. The predicted molar refractivity (Wildman–Crippen MR) is 117 cm³/mol. The summed E-state index contributed by atoms with van der Waals surface area (Å²) >= 11 is 0. The molecule has 0 fully saturated rings. The van der Waals surface area contributed by atoms with Gasteiger partial charge in [-0.1, -0.05) is 64.8 Å². The van der Waals surface area contributed by atoms with E-state index in [9.17, 15) is 9.59 Å². The SMILES string of the molecule is CCC(C)C1NCc2cccc(c2)CN[C@@H](C(C)CC)C(=O)NCCCNC1=O. The van der Waals surface area contributed by atoms with Crippen LogP contribution in [0, 0.1) is 11.8 Å². The van der Waals surface area contributed by atoms with Crippen molar-refractivity contribution in [3.63, 3.8) is 0 Å². The highest BCUT2D eigenvalue weighted by atomic mass is 16.2. The van der Waals surface area contributed by atoms with Crippen molar-refractivity contribution in [1.82, 2.24) is 21.3 Å². The predicted octanol–water partition coefficient (Wildman–Crippen LogP) is 2.33. The summed E-state index contributed by atoms with van der Waals surface area (Å²) in [6.07, 6.45) is 2.58. The standard InChI is InChI=1S/C23H38N4O2/c1-5-16(3)20-22(28)24-11-8-12-25-23(29)21(17(4)6-2)27-15-19-10-7-9-18(13-19)14-26-20/h7,9-10,13,16-17,20-21,26-27H,5-6,8,11-12,14-15H2,1-4H3,(H,24,28)(H,25,29)/t16?,17?,20-,21?/m0/s1. The van der Waals surface area contributed by atoms with Gasteiger partial charge in [-0.2, -0.15) is 0 Å². The molecule has 2 amide bonds. The van der Waals surface area contributed by atoms with Crippen LogP contribution in [0.3, 0.4) is 0 Å². The highest BCUT2D eigenvalue weighted by Gasteiger charge is 2.25. The van der Waals surface area contributed by atoms with Crippen LogP contribution in [0.15, 0.2) is 24.3 Å². The van der Waals surface area contributed by atoms with E-state index in [1.807, 2.05) is 6.07 Å². The van der Waals surface area contributed by atoms with Crippen molar-refractivity contribution in [2.24, 2.45) is 11.8 Å². The number of fused-ring (bicyclic) bond motifs is 2. The van der Waals surface area contributed by atoms with E-state index in [2.05, 4.69) is 67.2 Å². The highest BCUT2D eigenvalue weighted by Crippen LogP contribution is 2.13. The summed E-state index contributed by atoms with van der Waals surface area (Å²) in [4.78, 5) is 25.4. The summed E-state index contributed by atoms with van der Waals surface area (Å²) in [5, 5.41) is 13.0. The largest absolute Gasteiger partial charge is 0.355 e. The molecule has 29 heavy (non-hydrogen) atoms. The molecule has 0 aromatic heterocycles. The van der Waals surface area contributed by atoms with Crippen LogP contribution in [0.25, 0.3) is 0 Å². The molecule has 0 saturated heterocycles. The quantitative estimate of drug-likeness (QED) is 0.623. The van der Waals surface area contributed by atoms with E-state index < -0.39 is 0 Å². The van der Waals surface area contributed by atoms with Gasteiger partial charge in [-0.25, -0.2) is 0 Å². The van der Waals surface area contributed by atoms with Gasteiger partial charge in [-0.05, 0) is 29.4 Å². The second kappa shape index (κ2) is 11.9. The molecular formula is C23H38N4O2. The molecule has 0 aliphatic carbocycles. The number of hydrogen-bond donors (Lipinski definition) is 4. The minimum Gasteiger partial charge on any atom is -0.355 e. The first-order chi connectivity index (χ1) is 14.0. The smallest absolute Gasteiger partial charge is 0.237 e. The highest BCUT2D eigenvalue weighted by molar-refractivity contribution is 5.82. The Bertz CT molecular complexity index is 613. The number of amides is 2. The Balaban J connectivity index is 2.19. The maximum absolute atomic E-state index is 12.7. The Labute approximate surface area is 175 Å². The summed E-state index contributed by atoms with van der Waals surface area (Å²) in [7, 11) is 0. The zero-order valence-electron chi connectivity index (χ0n) is 18.4. The van der Waals surface area contributed by atoms with Crippen molar-refractivity contribution in [3.8, 4) is 0 Å². The molecule has 4 N–H and O–H groups in total.